The highest BCUT2D eigenvalue weighted by Gasteiger charge is 2.43. The highest BCUT2D eigenvalue weighted by atomic mass is 16.4. The first kappa shape index (κ1) is 124. The Bertz CT molecular complexity index is 4460. The van der Waals surface area contributed by atoms with Gasteiger partial charge < -0.3 is 165 Å². The number of primary amides is 4. The molecule has 1 fully saturated rings. The van der Waals surface area contributed by atoms with Crippen molar-refractivity contribution in [2.45, 2.75) is 306 Å². The normalized spacial score (nSPS) is 16.0. The van der Waals surface area contributed by atoms with E-state index in [1.807, 2.05) is 16.0 Å². The molecule has 0 aromatic heterocycles. The monoisotopic (exact) mass is 2000 g/mol. The summed E-state index contributed by atoms with van der Waals surface area (Å²) in [6.07, 6.45) is -9.33. The van der Waals surface area contributed by atoms with Gasteiger partial charge in [0.15, 0.2) is 0 Å². The molecule has 0 aromatic rings. The second kappa shape index (κ2) is 61.7. The summed E-state index contributed by atoms with van der Waals surface area (Å²) in [6, 6.07) is -33.9. The van der Waals surface area contributed by atoms with Crippen LogP contribution in [0.3, 0.4) is 0 Å². The third-order valence-corrected chi connectivity index (χ3v) is 20.8. The second-order valence-electron chi connectivity index (χ2n) is 34.5. The van der Waals surface area contributed by atoms with Crippen molar-refractivity contribution in [2.24, 2.45) is 52.2 Å². The van der Waals surface area contributed by atoms with Gasteiger partial charge >= 0.3 is 29.8 Å². The van der Waals surface area contributed by atoms with E-state index in [4.69, 9.17) is 34.4 Å². The standard InChI is InChI=1S/C82H134N24O34/c1-34(2)24-46(99-73(130)47(25-35(3)4)100-75(132)49(27-58(87)111)97-66(123)40(10)92-79(136)54(33-108)105-70(127)42(16-19-56(85)109)94-68(125)41(84)32-107)71(128)90-37(7)64(121)93-43(18-21-60(113)114)69(126)89-39(9)67(124)98-52(30-62(117)118)77(134)104-53(31-63(119)120)78(135)101-48(26-36(5)6)74(131)102-50(28-59(88)112)76(133)103-51(29-61(115)116)72(129)91-38(8)65(122)95-44(17-20-57(86)110)81(138)106-23-13-15-55(106)80(137)96-45(82(139)140)14-11-12-22-83/h34-55,107-108H,11-33,83-84H2,1-10H3,(H2,85,109)(H2,86,110)(H2,87,111)(H2,88,112)(H,89,126)(H,90,128)(H,91,129)(H,92,136)(H,93,121)(H,94,125)(H,95,122)(H,96,137)(H,97,123)(H,98,124)(H,99,130)(H,100,132)(H,101,135)(H,102,131)(H,103,133)(H,104,134)(H,105,127)(H,113,114)(H,115,116)(H,117,118)(H,119,120)(H,139,140)/t37-,38-,39-,40-,41-,42-,43-,44-,45-,46-,47-,48-,49-,50-,51-,52-,53-,54-,55-/m0/s1. The molecule has 0 bridgehead atoms. The number of unbranched alkanes of at least 4 members (excludes halogenated alkanes) is 1. The van der Waals surface area contributed by atoms with Crippen molar-refractivity contribution < 1.29 is 165 Å². The Hall–Kier alpha value is -14.5. The van der Waals surface area contributed by atoms with Crippen LogP contribution in [0.25, 0.3) is 0 Å². The fraction of sp³-hybridized carbons (Fsp3) is 0.671. The van der Waals surface area contributed by atoms with Crippen LogP contribution in [0, 0.1) is 17.8 Å². The van der Waals surface area contributed by atoms with Gasteiger partial charge in [0, 0.05) is 25.8 Å². The summed E-state index contributed by atoms with van der Waals surface area (Å²) >= 11 is 0. The smallest absolute Gasteiger partial charge is 0.326 e. The average Bonchev–Trinajstić information content (AvgIpc) is 1.67. The molecule has 786 valence electrons. The molecular weight excluding hydrogens is 1870 g/mol. The molecule has 0 saturated carbocycles. The molecule has 22 amide bonds. The minimum absolute atomic E-state index is 0.000164. The Morgan fingerprint density at radius 1 is 0.293 bits per heavy atom. The molecule has 1 aliphatic heterocycles. The summed E-state index contributed by atoms with van der Waals surface area (Å²) < 4.78 is 0. The van der Waals surface area contributed by atoms with Gasteiger partial charge in [-0.25, -0.2) is 4.79 Å². The summed E-state index contributed by atoms with van der Waals surface area (Å²) in [5.74, 6) is -36.5. The molecule has 1 saturated heterocycles. The number of nitrogens with zero attached hydrogens (tertiary/aromatic N) is 1. The molecule has 58 heteroatoms. The van der Waals surface area contributed by atoms with Crippen LogP contribution in [0.5, 0.6) is 0 Å². The first-order chi connectivity index (χ1) is 65.2. The van der Waals surface area contributed by atoms with Crippen LogP contribution in [0.4, 0.5) is 0 Å². The van der Waals surface area contributed by atoms with Crippen LogP contribution in [-0.4, -0.2) is 342 Å². The van der Waals surface area contributed by atoms with Gasteiger partial charge in [0.2, 0.25) is 130 Å². The largest absolute Gasteiger partial charge is 0.481 e. The van der Waals surface area contributed by atoms with Gasteiger partial charge in [0.1, 0.15) is 115 Å². The number of carboxylic acid groups (broad SMARTS) is 5. The number of carbonyl (C=O) groups excluding carboxylic acids is 22. The highest BCUT2D eigenvalue weighted by molar-refractivity contribution is 6.04. The Morgan fingerprint density at radius 3 is 0.893 bits per heavy atom. The van der Waals surface area contributed by atoms with E-state index in [9.17, 15) is 165 Å². The van der Waals surface area contributed by atoms with Crippen molar-refractivity contribution in [2.75, 3.05) is 26.3 Å². The summed E-state index contributed by atoms with van der Waals surface area (Å²) in [5.41, 5.74) is 32.4. The molecular formula is C82H134N24O34. The highest BCUT2D eigenvalue weighted by Crippen LogP contribution is 2.22. The quantitative estimate of drug-likeness (QED) is 0.0251. The predicted molar refractivity (Wildman–Crippen MR) is 479 cm³/mol. The second-order valence-corrected chi connectivity index (χ2v) is 34.5. The van der Waals surface area contributed by atoms with Gasteiger partial charge in [0.25, 0.3) is 0 Å². The van der Waals surface area contributed by atoms with E-state index < -0.39 is 383 Å². The molecule has 0 aliphatic carbocycles. The van der Waals surface area contributed by atoms with Crippen molar-refractivity contribution in [3.8, 4) is 0 Å². The van der Waals surface area contributed by atoms with Crippen LogP contribution in [0.1, 0.15) is 191 Å². The Labute approximate surface area is 801 Å². The van der Waals surface area contributed by atoms with Crippen LogP contribution < -0.4 is 125 Å². The predicted octanol–water partition coefficient (Wildman–Crippen LogP) is -13.5. The lowest BCUT2D eigenvalue weighted by Crippen LogP contribution is -2.61. The van der Waals surface area contributed by atoms with Crippen LogP contribution in [0.2, 0.25) is 0 Å². The lowest BCUT2D eigenvalue weighted by molar-refractivity contribution is -0.145. The van der Waals surface area contributed by atoms with E-state index in [1.54, 1.807) is 27.7 Å². The SMILES string of the molecule is CC(C)C[C@H](NC(=O)[C@H](CC(C)C)NC(=O)[C@H](CC(N)=O)NC(=O)[C@H](C)NC(=O)[C@H](CO)NC(=O)[C@H](CCC(N)=O)NC(=O)[C@@H](N)CO)C(=O)N[C@@H](C)C(=O)N[C@@H](CCC(=O)O)C(=O)N[C@@H](C)C(=O)N[C@@H](CC(=O)O)C(=O)N[C@@H](CC(=O)O)C(=O)N[C@@H](CC(C)C)C(=O)N[C@@H](CC(N)=O)C(=O)N[C@@H](CC(=O)O)C(=O)N[C@@H](C)C(=O)N[C@@H](CCC(N)=O)C(=O)N1CCC[C@H]1C(=O)N[C@@H](CCCCN)C(=O)O. The zero-order valence-corrected chi connectivity index (χ0v) is 79.0. The maximum absolute atomic E-state index is 14.2. The number of hydrogen-bond acceptors (Lipinski definition) is 31. The molecule has 36 N–H and O–H groups in total. The van der Waals surface area contributed by atoms with Gasteiger partial charge in [-0.2, -0.15) is 0 Å². The number of rotatable bonds is 67. The van der Waals surface area contributed by atoms with Gasteiger partial charge in [-0.05, 0) is 123 Å². The number of aliphatic hydroxyl groups excluding tert-OH is 2. The molecule has 0 unspecified atom stereocenters. The maximum atomic E-state index is 14.2. The van der Waals surface area contributed by atoms with Crippen molar-refractivity contribution in [3.05, 3.63) is 0 Å². The molecule has 58 nitrogen and oxygen atoms in total. The minimum atomic E-state index is -2.30. The molecule has 0 spiro atoms. The molecule has 1 rings (SSSR count). The number of carboxylic acids is 5. The third-order valence-electron chi connectivity index (χ3n) is 20.8. The van der Waals surface area contributed by atoms with Gasteiger partial charge in [-0.3, -0.25) is 125 Å². The Morgan fingerprint density at radius 2 is 0.571 bits per heavy atom. The molecule has 140 heavy (non-hydrogen) atoms. The Balaban J connectivity index is 3.48. The van der Waals surface area contributed by atoms with E-state index in [2.05, 4.69) is 74.4 Å². The lowest BCUT2D eigenvalue weighted by atomic mass is 9.99. The van der Waals surface area contributed by atoms with Crippen LogP contribution in [-0.2, 0) is 129 Å². The molecule has 19 atom stereocenters. The van der Waals surface area contributed by atoms with Crippen molar-refractivity contribution in [1.82, 2.24) is 95.3 Å². The number of likely N-dealkylation sites (tertiary alicyclic amines) is 1. The number of aliphatic carboxylic acids is 5. The summed E-state index contributed by atoms with van der Waals surface area (Å²) in [6.45, 7) is 11.7. The molecule has 0 aromatic carbocycles. The van der Waals surface area contributed by atoms with Gasteiger partial charge in [0.05, 0.1) is 45.3 Å². The molecule has 1 heterocycles. The van der Waals surface area contributed by atoms with E-state index >= 15 is 0 Å². The van der Waals surface area contributed by atoms with Crippen molar-refractivity contribution in [3.63, 3.8) is 0 Å². The van der Waals surface area contributed by atoms with E-state index in [1.165, 1.54) is 13.8 Å². The first-order valence-corrected chi connectivity index (χ1v) is 44.5. The summed E-state index contributed by atoms with van der Waals surface area (Å²) in [4.78, 5) is 358. The van der Waals surface area contributed by atoms with E-state index in [-0.39, 0.29) is 45.2 Å². The average molecular weight is 2000 g/mol. The zero-order valence-electron chi connectivity index (χ0n) is 79.0. The summed E-state index contributed by atoms with van der Waals surface area (Å²) in [5, 5.41) is 106. The van der Waals surface area contributed by atoms with E-state index in [0.717, 1.165) is 32.6 Å². The number of nitrogens with two attached hydrogens (primary N) is 6. The van der Waals surface area contributed by atoms with Gasteiger partial charge in [-0.1, -0.05) is 41.5 Å². The number of amides is 22. The number of hydrogen-bond donors (Lipinski definition) is 30. The van der Waals surface area contributed by atoms with Crippen LogP contribution in [0.15, 0.2) is 0 Å². The van der Waals surface area contributed by atoms with Crippen LogP contribution >= 0.6 is 0 Å². The number of carbonyl (C=O) groups is 27. The minimum Gasteiger partial charge on any atom is -0.481 e. The van der Waals surface area contributed by atoms with E-state index in [0.29, 0.717) is 12.8 Å². The van der Waals surface area contributed by atoms with Crippen molar-refractivity contribution in [1.29, 1.82) is 0 Å². The zero-order chi connectivity index (χ0) is 107. The first-order valence-electron chi connectivity index (χ1n) is 44.5. The fourth-order valence-electron chi connectivity index (χ4n) is 13.4. The third kappa shape index (κ3) is 46.6. The topological polar surface area (TPSA) is 966 Å². The number of nitrogens with one attached hydrogen (secondary N) is 17. The fourth-order valence-corrected chi connectivity index (χ4v) is 13.4. The number of aliphatic hydroxyl groups is 2. The summed E-state index contributed by atoms with van der Waals surface area (Å²) in [7, 11) is 0. The van der Waals surface area contributed by atoms with Crippen molar-refractivity contribution >= 4 is 160 Å². The Kier molecular flexibility index (Phi) is 54.4. The van der Waals surface area contributed by atoms with Gasteiger partial charge in [-0.15, -0.1) is 0 Å². The molecule has 1 aliphatic rings. The lowest BCUT2D eigenvalue weighted by Gasteiger charge is -2.30. The maximum Gasteiger partial charge on any atom is 0.326 e. The molecule has 0 radical (unpaired) electrons.